The fourth-order valence-electron chi connectivity index (χ4n) is 3.41. The van der Waals surface area contributed by atoms with Crippen LogP contribution in [0, 0.1) is 6.92 Å². The largest absolute Gasteiger partial charge is 0.416 e. The zero-order valence-corrected chi connectivity index (χ0v) is 19.0. The zero-order valence-electron chi connectivity index (χ0n) is 18.2. The first kappa shape index (κ1) is 23.6. The number of nitrogens with one attached hydrogen (secondary N) is 1. The van der Waals surface area contributed by atoms with E-state index in [4.69, 9.17) is 0 Å². The van der Waals surface area contributed by atoms with Crippen LogP contribution in [-0.4, -0.2) is 26.4 Å². The number of rotatable bonds is 7. The van der Waals surface area contributed by atoms with Gasteiger partial charge in [0, 0.05) is 17.8 Å². The third kappa shape index (κ3) is 5.85. The van der Waals surface area contributed by atoms with Crippen LogP contribution < -0.4 is 5.32 Å². The van der Waals surface area contributed by atoms with Crippen LogP contribution in [0.25, 0.3) is 5.69 Å². The Morgan fingerprint density at radius 1 is 0.971 bits per heavy atom. The Bertz CT molecular complexity index is 1290. The molecule has 1 aromatic heterocycles. The summed E-state index contributed by atoms with van der Waals surface area (Å²) in [6.45, 7) is 1.99. The van der Waals surface area contributed by atoms with Crippen LogP contribution >= 0.6 is 11.8 Å². The summed E-state index contributed by atoms with van der Waals surface area (Å²) < 4.78 is 40.7. The molecule has 0 spiro atoms. The Morgan fingerprint density at radius 2 is 1.74 bits per heavy atom. The summed E-state index contributed by atoms with van der Waals surface area (Å²) in [5, 5.41) is 11.7. The van der Waals surface area contributed by atoms with E-state index in [0.717, 1.165) is 34.8 Å². The van der Waals surface area contributed by atoms with Gasteiger partial charge in [0.2, 0.25) is 5.91 Å². The van der Waals surface area contributed by atoms with E-state index in [1.165, 1.54) is 23.9 Å². The molecule has 0 aliphatic heterocycles. The van der Waals surface area contributed by atoms with Crippen molar-refractivity contribution in [3.63, 3.8) is 0 Å². The topological polar surface area (TPSA) is 59.8 Å². The van der Waals surface area contributed by atoms with Crippen molar-refractivity contribution in [2.45, 2.75) is 24.7 Å². The lowest BCUT2D eigenvalue weighted by molar-refractivity contribution is -0.137. The summed E-state index contributed by atoms with van der Waals surface area (Å²) in [6, 6.07) is 22.3. The average Bonchev–Trinajstić information content (AvgIpc) is 3.20. The Hall–Kier alpha value is -3.59. The minimum absolute atomic E-state index is 0.0362. The quantitative estimate of drug-likeness (QED) is 0.333. The van der Waals surface area contributed by atoms with Crippen LogP contribution in [0.5, 0.6) is 0 Å². The summed E-state index contributed by atoms with van der Waals surface area (Å²) in [4.78, 5) is 12.5. The Balaban J connectivity index is 1.53. The molecular weight excluding hydrogens is 461 g/mol. The zero-order chi connectivity index (χ0) is 24.1. The van der Waals surface area contributed by atoms with E-state index < -0.39 is 17.6 Å². The predicted octanol–water partition coefficient (Wildman–Crippen LogP) is 5.92. The van der Waals surface area contributed by atoms with Crippen molar-refractivity contribution in [3.8, 4) is 5.69 Å². The number of hydrogen-bond acceptors (Lipinski definition) is 4. The SMILES string of the molecule is Cc1cccc(-n2c(Cc3ccccc3)nnc2SCC(=O)Nc2cccc(C(F)(F)F)c2)c1. The van der Waals surface area contributed by atoms with Gasteiger partial charge in [0.05, 0.1) is 11.3 Å². The highest BCUT2D eigenvalue weighted by atomic mass is 32.2. The lowest BCUT2D eigenvalue weighted by Crippen LogP contribution is -2.15. The van der Waals surface area contributed by atoms with Gasteiger partial charge >= 0.3 is 6.18 Å². The molecule has 1 N–H and O–H groups in total. The van der Waals surface area contributed by atoms with Gasteiger partial charge in [-0.15, -0.1) is 10.2 Å². The number of alkyl halides is 3. The molecule has 0 saturated heterocycles. The van der Waals surface area contributed by atoms with Crippen LogP contribution in [0.3, 0.4) is 0 Å². The van der Waals surface area contributed by atoms with Gasteiger partial charge in [0.15, 0.2) is 5.16 Å². The molecular formula is C25H21F3N4OS. The first-order valence-corrected chi connectivity index (χ1v) is 11.4. The average molecular weight is 483 g/mol. The number of carbonyl (C=O) groups excluding carboxylic acids is 1. The molecule has 5 nitrogen and oxygen atoms in total. The molecule has 34 heavy (non-hydrogen) atoms. The third-order valence-corrected chi connectivity index (χ3v) is 5.90. The maximum atomic E-state index is 12.9. The molecule has 0 saturated carbocycles. The normalized spacial score (nSPS) is 11.4. The number of nitrogens with zero attached hydrogens (tertiary/aromatic N) is 3. The summed E-state index contributed by atoms with van der Waals surface area (Å²) in [5.74, 6) is 0.247. The molecule has 3 aromatic carbocycles. The summed E-state index contributed by atoms with van der Waals surface area (Å²) >= 11 is 1.17. The second kappa shape index (κ2) is 10.1. The molecule has 4 aromatic rings. The van der Waals surface area contributed by atoms with E-state index in [1.54, 1.807) is 0 Å². The molecule has 9 heteroatoms. The van der Waals surface area contributed by atoms with Crippen molar-refractivity contribution in [2.75, 3.05) is 11.1 Å². The standard InChI is InChI=1S/C25H21F3N4OS/c1-17-7-5-12-21(13-17)32-22(14-18-8-3-2-4-9-18)30-31-24(32)34-16-23(33)29-20-11-6-10-19(15-20)25(26,27)28/h2-13,15H,14,16H2,1H3,(H,29,33). The van der Waals surface area contributed by atoms with Gasteiger partial charge < -0.3 is 5.32 Å². The van der Waals surface area contributed by atoms with Gasteiger partial charge in [-0.1, -0.05) is 60.3 Å². The third-order valence-electron chi connectivity index (χ3n) is 4.97. The molecule has 0 aliphatic rings. The highest BCUT2D eigenvalue weighted by Gasteiger charge is 2.30. The first-order chi connectivity index (χ1) is 16.3. The number of benzene rings is 3. The number of halogens is 3. The lowest BCUT2D eigenvalue weighted by atomic mass is 10.1. The van der Waals surface area contributed by atoms with Crippen LogP contribution in [0.2, 0.25) is 0 Å². The van der Waals surface area contributed by atoms with Crippen LogP contribution in [0.4, 0.5) is 18.9 Å². The number of aryl methyl sites for hydroxylation is 1. The van der Waals surface area contributed by atoms with E-state index >= 15 is 0 Å². The van der Waals surface area contributed by atoms with Gasteiger partial charge in [0.1, 0.15) is 5.82 Å². The summed E-state index contributed by atoms with van der Waals surface area (Å²) in [7, 11) is 0. The molecule has 174 valence electrons. The molecule has 4 rings (SSSR count). The minimum atomic E-state index is -4.48. The number of aromatic nitrogens is 3. The summed E-state index contributed by atoms with van der Waals surface area (Å²) in [6.07, 6.45) is -3.92. The number of anilines is 1. The van der Waals surface area contributed by atoms with Gasteiger partial charge in [-0.2, -0.15) is 13.2 Å². The molecule has 0 aliphatic carbocycles. The van der Waals surface area contributed by atoms with Gasteiger partial charge in [0.25, 0.3) is 0 Å². The Kier molecular flexibility index (Phi) is 7.02. The van der Waals surface area contributed by atoms with Crippen LogP contribution in [-0.2, 0) is 17.4 Å². The van der Waals surface area contributed by atoms with E-state index in [-0.39, 0.29) is 11.4 Å². The fourth-order valence-corrected chi connectivity index (χ4v) is 4.18. The van der Waals surface area contributed by atoms with Gasteiger partial charge in [-0.05, 0) is 48.4 Å². The molecule has 1 amide bonds. The minimum Gasteiger partial charge on any atom is -0.325 e. The van der Waals surface area contributed by atoms with Gasteiger partial charge in [-0.3, -0.25) is 9.36 Å². The van der Waals surface area contributed by atoms with Crippen molar-refractivity contribution < 1.29 is 18.0 Å². The summed E-state index contributed by atoms with van der Waals surface area (Å²) in [5.41, 5.74) is 2.28. The second-order valence-electron chi connectivity index (χ2n) is 7.65. The monoisotopic (exact) mass is 482 g/mol. The molecule has 0 atom stereocenters. The number of carbonyl (C=O) groups is 1. The fraction of sp³-hybridized carbons (Fsp3) is 0.160. The first-order valence-electron chi connectivity index (χ1n) is 10.4. The molecule has 1 heterocycles. The van der Waals surface area contributed by atoms with Crippen molar-refractivity contribution in [1.29, 1.82) is 0 Å². The Labute approximate surface area is 199 Å². The van der Waals surface area contributed by atoms with E-state index in [2.05, 4.69) is 15.5 Å². The van der Waals surface area contributed by atoms with Crippen LogP contribution in [0.1, 0.15) is 22.5 Å². The highest BCUT2D eigenvalue weighted by Crippen LogP contribution is 2.31. The molecule has 0 radical (unpaired) electrons. The van der Waals surface area contributed by atoms with Crippen molar-refractivity contribution >= 4 is 23.4 Å². The second-order valence-corrected chi connectivity index (χ2v) is 8.59. The van der Waals surface area contributed by atoms with E-state index in [1.807, 2.05) is 66.1 Å². The van der Waals surface area contributed by atoms with E-state index in [0.29, 0.717) is 11.6 Å². The number of thioether (sulfide) groups is 1. The maximum Gasteiger partial charge on any atom is 0.416 e. The smallest absolute Gasteiger partial charge is 0.325 e. The van der Waals surface area contributed by atoms with Crippen molar-refractivity contribution in [1.82, 2.24) is 14.8 Å². The molecule has 0 fully saturated rings. The number of hydrogen-bond donors (Lipinski definition) is 1. The van der Waals surface area contributed by atoms with Crippen LogP contribution in [0.15, 0.2) is 84.0 Å². The lowest BCUT2D eigenvalue weighted by Gasteiger charge is -2.12. The van der Waals surface area contributed by atoms with Crippen molar-refractivity contribution in [3.05, 3.63) is 101 Å². The Morgan fingerprint density at radius 3 is 2.47 bits per heavy atom. The van der Waals surface area contributed by atoms with Gasteiger partial charge in [-0.25, -0.2) is 0 Å². The van der Waals surface area contributed by atoms with Crippen molar-refractivity contribution in [2.24, 2.45) is 0 Å². The predicted molar refractivity (Wildman–Crippen MR) is 126 cm³/mol. The maximum absolute atomic E-state index is 12.9. The molecule has 0 bridgehead atoms. The highest BCUT2D eigenvalue weighted by molar-refractivity contribution is 7.99. The van der Waals surface area contributed by atoms with E-state index in [9.17, 15) is 18.0 Å². The number of amides is 1. The molecule has 0 unspecified atom stereocenters.